The first-order valence-electron chi connectivity index (χ1n) is 4.19. The molecule has 0 amide bonds. The van der Waals surface area contributed by atoms with Crippen LogP contribution in [-0.4, -0.2) is 5.78 Å². The van der Waals surface area contributed by atoms with Crippen molar-refractivity contribution in [3.63, 3.8) is 0 Å². The normalized spacial score (nSPS) is 10.5. The zero-order valence-corrected chi connectivity index (χ0v) is 7.49. The molecule has 2 heteroatoms. The van der Waals surface area contributed by atoms with Crippen molar-refractivity contribution in [1.82, 2.24) is 0 Å². The molecule has 0 bridgehead atoms. The average molecular weight is 175 g/mol. The number of rotatable bonds is 3. The van der Waals surface area contributed by atoms with E-state index in [2.05, 4.69) is 0 Å². The van der Waals surface area contributed by atoms with E-state index in [9.17, 15) is 9.90 Å². The minimum atomic E-state index is -0.238. The van der Waals surface area contributed by atoms with Crippen molar-refractivity contribution in [2.45, 2.75) is 13.3 Å². The Morgan fingerprint density at radius 1 is 1.38 bits per heavy atom. The van der Waals surface area contributed by atoms with Crippen molar-refractivity contribution in [2.24, 2.45) is 0 Å². The molecule has 13 heavy (non-hydrogen) atoms. The van der Waals surface area contributed by atoms with E-state index in [0.29, 0.717) is 11.8 Å². The van der Waals surface area contributed by atoms with Crippen LogP contribution in [0.3, 0.4) is 0 Å². The van der Waals surface area contributed by atoms with Gasteiger partial charge in [0.1, 0.15) is 0 Å². The van der Waals surface area contributed by atoms with E-state index in [1.165, 1.54) is 5.56 Å². The quantitative estimate of drug-likeness (QED) is 0.394. The van der Waals surface area contributed by atoms with Gasteiger partial charge in [-0.1, -0.05) is 31.2 Å². The molecule has 0 aromatic heterocycles. The van der Waals surface area contributed by atoms with E-state index < -0.39 is 0 Å². The monoisotopic (exact) mass is 175 g/mol. The van der Waals surface area contributed by atoms with Gasteiger partial charge in [0.15, 0.2) is 5.78 Å². The predicted octanol–water partition coefficient (Wildman–Crippen LogP) is 1.31. The van der Waals surface area contributed by atoms with Gasteiger partial charge < -0.3 is 5.11 Å². The van der Waals surface area contributed by atoms with Gasteiger partial charge in [-0.05, 0) is 18.1 Å². The molecule has 0 spiro atoms. The lowest BCUT2D eigenvalue weighted by Gasteiger charge is -1.98. The molecule has 0 fully saturated rings. The Morgan fingerprint density at radius 3 is 2.46 bits per heavy atom. The van der Waals surface area contributed by atoms with Gasteiger partial charge in [0.2, 0.25) is 0 Å². The van der Waals surface area contributed by atoms with Crippen molar-refractivity contribution in [2.75, 3.05) is 0 Å². The molecular formula is C11H11O2-. The highest BCUT2D eigenvalue weighted by molar-refractivity contribution is 6.04. The molecule has 0 N–H and O–H groups in total. The van der Waals surface area contributed by atoms with Crippen LogP contribution in [0, 0.1) is 0 Å². The predicted molar refractivity (Wildman–Crippen MR) is 49.3 cm³/mol. The van der Waals surface area contributed by atoms with Crippen LogP contribution in [0.5, 0.6) is 0 Å². The van der Waals surface area contributed by atoms with Crippen LogP contribution in [0.1, 0.15) is 22.8 Å². The molecule has 0 atom stereocenters. The lowest BCUT2D eigenvalue weighted by molar-refractivity contribution is -0.274. The molecule has 68 valence electrons. The summed E-state index contributed by atoms with van der Waals surface area (Å²) in [5, 5.41) is 10.0. The summed E-state index contributed by atoms with van der Waals surface area (Å²) < 4.78 is 0. The molecule has 0 saturated heterocycles. The summed E-state index contributed by atoms with van der Waals surface area (Å²) in [6, 6.07) is 7.26. The van der Waals surface area contributed by atoms with Crippen LogP contribution in [0.15, 0.2) is 36.6 Å². The summed E-state index contributed by atoms with van der Waals surface area (Å²) in [4.78, 5) is 11.2. The second-order valence-electron chi connectivity index (χ2n) is 2.72. The van der Waals surface area contributed by atoms with Gasteiger partial charge in [-0.2, -0.15) is 0 Å². The van der Waals surface area contributed by atoms with Crippen LogP contribution in [0.2, 0.25) is 0 Å². The zero-order chi connectivity index (χ0) is 9.68. The zero-order valence-electron chi connectivity index (χ0n) is 7.49. The smallest absolute Gasteiger partial charge is 0.184 e. The average Bonchev–Trinajstić information content (AvgIpc) is 2.18. The largest absolute Gasteiger partial charge is 0.878 e. The summed E-state index contributed by atoms with van der Waals surface area (Å²) in [6.45, 7) is 2.05. The van der Waals surface area contributed by atoms with E-state index in [0.717, 1.165) is 12.5 Å². The number of benzene rings is 1. The van der Waals surface area contributed by atoms with Crippen LogP contribution >= 0.6 is 0 Å². The molecule has 0 saturated carbocycles. The van der Waals surface area contributed by atoms with Crippen LogP contribution < -0.4 is 5.11 Å². The van der Waals surface area contributed by atoms with Gasteiger partial charge in [-0.15, -0.1) is 6.26 Å². The molecule has 0 aliphatic rings. The molecular weight excluding hydrogens is 164 g/mol. The number of hydrogen-bond donors (Lipinski definition) is 0. The van der Waals surface area contributed by atoms with Gasteiger partial charge in [0, 0.05) is 5.56 Å². The Kier molecular flexibility index (Phi) is 3.26. The van der Waals surface area contributed by atoms with Crippen LogP contribution in [0.4, 0.5) is 0 Å². The highest BCUT2D eigenvalue weighted by Gasteiger charge is 1.99. The number of ketones is 1. The maximum atomic E-state index is 11.2. The molecule has 1 aromatic rings. The third kappa shape index (κ3) is 2.44. The molecule has 0 aliphatic carbocycles. The fourth-order valence-corrected chi connectivity index (χ4v) is 1.06. The number of carbonyl (C=O) groups is 1. The van der Waals surface area contributed by atoms with Crippen LogP contribution in [0.25, 0.3) is 0 Å². The SMILES string of the molecule is CCc1ccc(C(=O)C=C[O-])cc1. The lowest BCUT2D eigenvalue weighted by atomic mass is 10.1. The molecule has 0 heterocycles. The van der Waals surface area contributed by atoms with E-state index in [4.69, 9.17) is 0 Å². The topological polar surface area (TPSA) is 40.1 Å². The molecule has 0 radical (unpaired) electrons. The molecule has 1 rings (SSSR count). The highest BCUT2D eigenvalue weighted by Crippen LogP contribution is 2.05. The second-order valence-corrected chi connectivity index (χ2v) is 2.72. The minimum Gasteiger partial charge on any atom is -0.878 e. The Bertz CT molecular complexity index is 309. The van der Waals surface area contributed by atoms with Crippen molar-refractivity contribution in [1.29, 1.82) is 0 Å². The van der Waals surface area contributed by atoms with Crippen molar-refractivity contribution in [3.05, 3.63) is 47.7 Å². The van der Waals surface area contributed by atoms with Gasteiger partial charge in [0.25, 0.3) is 0 Å². The van der Waals surface area contributed by atoms with E-state index >= 15 is 0 Å². The summed E-state index contributed by atoms with van der Waals surface area (Å²) in [6.07, 6.45) is 2.49. The number of hydrogen-bond acceptors (Lipinski definition) is 2. The van der Waals surface area contributed by atoms with Crippen LogP contribution in [-0.2, 0) is 6.42 Å². The summed E-state index contributed by atoms with van der Waals surface area (Å²) in [7, 11) is 0. The lowest BCUT2D eigenvalue weighted by Crippen LogP contribution is -1.97. The van der Waals surface area contributed by atoms with E-state index in [1.54, 1.807) is 12.1 Å². The van der Waals surface area contributed by atoms with Crippen molar-refractivity contribution < 1.29 is 9.90 Å². The second kappa shape index (κ2) is 4.45. The van der Waals surface area contributed by atoms with E-state index in [-0.39, 0.29) is 5.78 Å². The summed E-state index contributed by atoms with van der Waals surface area (Å²) >= 11 is 0. The Balaban J connectivity index is 2.85. The standard InChI is InChI=1S/C11H12O2/c1-2-9-3-5-10(6-4-9)11(13)7-8-12/h3-8,12H,2H2,1H3/p-1. The van der Waals surface area contributed by atoms with Crippen molar-refractivity contribution in [3.8, 4) is 0 Å². The van der Waals surface area contributed by atoms with Gasteiger partial charge >= 0.3 is 0 Å². The Labute approximate surface area is 77.5 Å². The molecule has 0 unspecified atom stereocenters. The molecule has 1 aromatic carbocycles. The number of aryl methyl sites for hydroxylation is 1. The third-order valence-electron chi connectivity index (χ3n) is 1.87. The van der Waals surface area contributed by atoms with Gasteiger partial charge in [-0.25, -0.2) is 0 Å². The number of carbonyl (C=O) groups excluding carboxylic acids is 1. The summed E-state index contributed by atoms with van der Waals surface area (Å²) in [5.41, 5.74) is 1.74. The summed E-state index contributed by atoms with van der Waals surface area (Å²) in [5.74, 6) is -0.238. The molecule has 0 aliphatic heterocycles. The first-order valence-corrected chi connectivity index (χ1v) is 4.19. The third-order valence-corrected chi connectivity index (χ3v) is 1.87. The fourth-order valence-electron chi connectivity index (χ4n) is 1.06. The van der Waals surface area contributed by atoms with Gasteiger partial charge in [0.05, 0.1) is 0 Å². The number of allylic oxidation sites excluding steroid dienone is 1. The van der Waals surface area contributed by atoms with Crippen molar-refractivity contribution >= 4 is 5.78 Å². The van der Waals surface area contributed by atoms with Gasteiger partial charge in [-0.3, -0.25) is 4.79 Å². The minimum absolute atomic E-state index is 0.238. The highest BCUT2D eigenvalue weighted by atomic mass is 16.2. The Hall–Kier alpha value is -1.57. The van der Waals surface area contributed by atoms with E-state index in [1.807, 2.05) is 19.1 Å². The first-order chi connectivity index (χ1) is 6.27. The molecule has 2 nitrogen and oxygen atoms in total. The maximum Gasteiger partial charge on any atom is 0.184 e. The maximum absolute atomic E-state index is 11.2. The Morgan fingerprint density at radius 2 is 2.00 bits per heavy atom. The fraction of sp³-hybridized carbons (Fsp3) is 0.182. The first kappa shape index (κ1) is 9.52.